The van der Waals surface area contributed by atoms with E-state index >= 15 is 0 Å². The van der Waals surface area contributed by atoms with E-state index < -0.39 is 6.04 Å². The zero-order chi connectivity index (χ0) is 23.3. The van der Waals surface area contributed by atoms with Crippen molar-refractivity contribution in [3.63, 3.8) is 0 Å². The number of hydrogen-bond acceptors (Lipinski definition) is 5. The first-order valence-electron chi connectivity index (χ1n) is 11.8. The SMILES string of the molecule is CCOC(=O)C1=C(CN2CCCNCC2)N(CC)C(=O)NC1c1ccc(C(C)(C)C)cc1. The fourth-order valence-electron chi connectivity index (χ4n) is 4.35. The Kier molecular flexibility index (Phi) is 7.96. The molecule has 2 amide bonds. The van der Waals surface area contributed by atoms with Crippen molar-refractivity contribution >= 4 is 12.0 Å². The van der Waals surface area contributed by atoms with Crippen LogP contribution in [0.4, 0.5) is 4.79 Å². The van der Waals surface area contributed by atoms with Gasteiger partial charge in [-0.25, -0.2) is 9.59 Å². The molecule has 0 spiro atoms. The van der Waals surface area contributed by atoms with E-state index in [0.717, 1.165) is 43.9 Å². The molecule has 7 nitrogen and oxygen atoms in total. The fourth-order valence-corrected chi connectivity index (χ4v) is 4.35. The lowest BCUT2D eigenvalue weighted by Crippen LogP contribution is -2.51. The molecule has 2 aliphatic heterocycles. The average Bonchev–Trinajstić information content (AvgIpc) is 3.02. The highest BCUT2D eigenvalue weighted by Gasteiger charge is 2.38. The molecular formula is C25H38N4O3. The van der Waals surface area contributed by atoms with Crippen LogP contribution in [0.15, 0.2) is 35.5 Å². The molecule has 1 aromatic rings. The number of urea groups is 1. The largest absolute Gasteiger partial charge is 0.463 e. The molecule has 1 atom stereocenters. The molecule has 1 unspecified atom stereocenters. The second-order valence-corrected chi connectivity index (χ2v) is 9.46. The molecule has 176 valence electrons. The molecule has 2 heterocycles. The van der Waals surface area contributed by atoms with Gasteiger partial charge < -0.3 is 15.4 Å². The molecule has 2 aliphatic rings. The summed E-state index contributed by atoms with van der Waals surface area (Å²) in [5.41, 5.74) is 3.41. The molecule has 1 saturated heterocycles. The third-order valence-corrected chi connectivity index (χ3v) is 6.17. The summed E-state index contributed by atoms with van der Waals surface area (Å²) in [6.07, 6.45) is 1.04. The Labute approximate surface area is 192 Å². The number of nitrogens with zero attached hydrogens (tertiary/aromatic N) is 2. The number of carbonyl (C=O) groups is 2. The van der Waals surface area contributed by atoms with Crippen molar-refractivity contribution in [3.8, 4) is 0 Å². The number of esters is 1. The molecule has 0 bridgehead atoms. The number of hydrogen-bond donors (Lipinski definition) is 2. The van der Waals surface area contributed by atoms with E-state index in [9.17, 15) is 9.59 Å². The number of rotatable bonds is 6. The smallest absolute Gasteiger partial charge is 0.338 e. The van der Waals surface area contributed by atoms with E-state index in [-0.39, 0.29) is 17.4 Å². The number of carbonyl (C=O) groups excluding carboxylic acids is 2. The summed E-state index contributed by atoms with van der Waals surface area (Å²) >= 11 is 0. The van der Waals surface area contributed by atoms with Crippen LogP contribution in [0.2, 0.25) is 0 Å². The van der Waals surface area contributed by atoms with E-state index in [0.29, 0.717) is 25.3 Å². The first kappa shape index (κ1) is 24.3. The van der Waals surface area contributed by atoms with Crippen LogP contribution in [0.5, 0.6) is 0 Å². The predicted molar refractivity (Wildman–Crippen MR) is 126 cm³/mol. The van der Waals surface area contributed by atoms with Crippen LogP contribution in [0.1, 0.15) is 58.2 Å². The van der Waals surface area contributed by atoms with Gasteiger partial charge in [-0.2, -0.15) is 0 Å². The van der Waals surface area contributed by atoms with Gasteiger partial charge in [0.1, 0.15) is 0 Å². The highest BCUT2D eigenvalue weighted by atomic mass is 16.5. The van der Waals surface area contributed by atoms with Gasteiger partial charge in [-0.05, 0) is 49.9 Å². The van der Waals surface area contributed by atoms with Crippen LogP contribution >= 0.6 is 0 Å². The van der Waals surface area contributed by atoms with Crippen molar-refractivity contribution in [3.05, 3.63) is 46.7 Å². The minimum absolute atomic E-state index is 0.0269. The highest BCUT2D eigenvalue weighted by Crippen LogP contribution is 2.33. The maximum Gasteiger partial charge on any atom is 0.338 e. The zero-order valence-corrected chi connectivity index (χ0v) is 20.2. The second kappa shape index (κ2) is 10.5. The van der Waals surface area contributed by atoms with Crippen molar-refractivity contribution in [2.45, 2.75) is 52.5 Å². The Balaban J connectivity index is 2.05. The standard InChI is InChI=1S/C25H38N4O3/c1-6-29-20(17-28-15-8-13-26-14-16-28)21(23(30)32-7-2)22(27-24(29)31)18-9-11-19(12-10-18)25(3,4)5/h9-12,22,26H,6-8,13-17H2,1-5H3,(H,27,31). The number of likely N-dealkylation sites (N-methyl/N-ethyl adjacent to an activating group) is 1. The molecular weight excluding hydrogens is 404 g/mol. The van der Waals surface area contributed by atoms with E-state index in [4.69, 9.17) is 4.74 Å². The fraction of sp³-hybridized carbons (Fsp3) is 0.600. The van der Waals surface area contributed by atoms with E-state index in [1.54, 1.807) is 4.90 Å². The molecule has 3 rings (SSSR count). The van der Waals surface area contributed by atoms with Crippen LogP contribution in [-0.4, -0.2) is 67.7 Å². The Morgan fingerprint density at radius 2 is 1.84 bits per heavy atom. The second-order valence-electron chi connectivity index (χ2n) is 9.46. The first-order chi connectivity index (χ1) is 15.3. The number of benzene rings is 1. The van der Waals surface area contributed by atoms with E-state index in [1.165, 1.54) is 5.56 Å². The van der Waals surface area contributed by atoms with Gasteiger partial charge in [-0.1, -0.05) is 45.0 Å². The Bertz CT molecular complexity index is 834. The topological polar surface area (TPSA) is 73.9 Å². The number of amides is 2. The van der Waals surface area contributed by atoms with Crippen LogP contribution in [0.3, 0.4) is 0 Å². The van der Waals surface area contributed by atoms with Gasteiger partial charge in [0.15, 0.2) is 0 Å². The Morgan fingerprint density at radius 3 is 2.47 bits per heavy atom. The van der Waals surface area contributed by atoms with Crippen molar-refractivity contribution in [1.82, 2.24) is 20.4 Å². The zero-order valence-electron chi connectivity index (χ0n) is 20.2. The van der Waals surface area contributed by atoms with Crippen molar-refractivity contribution in [1.29, 1.82) is 0 Å². The molecule has 7 heteroatoms. The molecule has 2 N–H and O–H groups in total. The maximum atomic E-state index is 13.2. The molecule has 1 aromatic carbocycles. The molecule has 1 fully saturated rings. The van der Waals surface area contributed by atoms with Crippen molar-refractivity contribution in [2.24, 2.45) is 0 Å². The van der Waals surface area contributed by atoms with Crippen molar-refractivity contribution < 1.29 is 14.3 Å². The summed E-state index contributed by atoms with van der Waals surface area (Å²) in [6.45, 7) is 15.3. The van der Waals surface area contributed by atoms with Gasteiger partial charge >= 0.3 is 12.0 Å². The summed E-state index contributed by atoms with van der Waals surface area (Å²) in [5, 5.41) is 6.47. The van der Waals surface area contributed by atoms with Crippen LogP contribution in [-0.2, 0) is 14.9 Å². The Morgan fingerprint density at radius 1 is 1.12 bits per heavy atom. The quantitative estimate of drug-likeness (QED) is 0.662. The van der Waals surface area contributed by atoms with Gasteiger partial charge in [0.2, 0.25) is 0 Å². The predicted octanol–water partition coefficient (Wildman–Crippen LogP) is 3.18. The highest BCUT2D eigenvalue weighted by molar-refractivity contribution is 5.95. The van der Waals surface area contributed by atoms with Crippen molar-refractivity contribution in [2.75, 3.05) is 45.9 Å². The molecule has 0 aliphatic carbocycles. The summed E-state index contributed by atoms with van der Waals surface area (Å²) in [4.78, 5) is 30.3. The van der Waals surface area contributed by atoms with Crippen LogP contribution in [0, 0.1) is 0 Å². The lowest BCUT2D eigenvalue weighted by molar-refractivity contribution is -0.139. The van der Waals surface area contributed by atoms with Gasteiger partial charge in [0.05, 0.1) is 18.2 Å². The summed E-state index contributed by atoms with van der Waals surface area (Å²) in [5.74, 6) is -0.362. The summed E-state index contributed by atoms with van der Waals surface area (Å²) in [6, 6.07) is 7.49. The molecule has 0 radical (unpaired) electrons. The van der Waals surface area contributed by atoms with E-state index in [2.05, 4.69) is 48.4 Å². The normalized spacial score (nSPS) is 20.7. The molecule has 32 heavy (non-hydrogen) atoms. The van der Waals surface area contributed by atoms with Crippen LogP contribution in [0.25, 0.3) is 0 Å². The molecule has 0 saturated carbocycles. The van der Waals surface area contributed by atoms with E-state index in [1.807, 2.05) is 26.0 Å². The lowest BCUT2D eigenvalue weighted by atomic mass is 9.85. The summed E-state index contributed by atoms with van der Waals surface area (Å²) < 4.78 is 5.48. The van der Waals surface area contributed by atoms with Gasteiger partial charge in [0.25, 0.3) is 0 Å². The van der Waals surface area contributed by atoms with Gasteiger partial charge in [-0.15, -0.1) is 0 Å². The number of ether oxygens (including phenoxy) is 1. The monoisotopic (exact) mass is 442 g/mol. The minimum atomic E-state index is -0.529. The minimum Gasteiger partial charge on any atom is -0.463 e. The Hall–Kier alpha value is -2.38. The number of nitrogens with one attached hydrogen (secondary N) is 2. The molecule has 0 aromatic heterocycles. The lowest BCUT2D eigenvalue weighted by Gasteiger charge is -2.38. The van der Waals surface area contributed by atoms with Gasteiger partial charge in [-0.3, -0.25) is 9.80 Å². The third kappa shape index (κ3) is 5.51. The third-order valence-electron chi connectivity index (χ3n) is 6.17. The summed E-state index contributed by atoms with van der Waals surface area (Å²) in [7, 11) is 0. The average molecular weight is 443 g/mol. The first-order valence-corrected chi connectivity index (χ1v) is 11.8. The van der Waals surface area contributed by atoms with Gasteiger partial charge in [0, 0.05) is 31.9 Å². The van der Waals surface area contributed by atoms with Crippen LogP contribution < -0.4 is 10.6 Å². The maximum absolute atomic E-state index is 13.2.